The predicted molar refractivity (Wildman–Crippen MR) is 63.7 cm³/mol. The molecule has 0 heterocycles. The molecule has 2 N–H and O–H groups in total. The van der Waals surface area contributed by atoms with Gasteiger partial charge in [-0.25, -0.2) is 9.59 Å². The molecule has 0 rings (SSSR count). The monoisotopic (exact) mass is 244 g/mol. The highest BCUT2D eigenvalue weighted by Gasteiger charge is 2.03. The minimum Gasteiger partial charge on any atom is -0.460 e. The van der Waals surface area contributed by atoms with Crippen LogP contribution in [0.2, 0.25) is 0 Å². The van der Waals surface area contributed by atoms with Gasteiger partial charge in [-0.05, 0) is 13.8 Å². The van der Waals surface area contributed by atoms with Crippen molar-refractivity contribution in [1.82, 2.24) is 10.6 Å². The Morgan fingerprint density at radius 3 is 2.29 bits per heavy atom. The summed E-state index contributed by atoms with van der Waals surface area (Å²) in [6, 6.07) is -0.309. The van der Waals surface area contributed by atoms with Gasteiger partial charge in [0.2, 0.25) is 0 Å². The lowest BCUT2D eigenvalue weighted by Gasteiger charge is -2.08. The fraction of sp³-hybridized carbons (Fsp3) is 0.636. The fourth-order valence-corrected chi connectivity index (χ4v) is 0.875. The standard InChI is InChI=1S/C11H20N2O4/c1-4-16-7-5-12-11(15)13-6-8-17-10(14)9(2)3/h2,4-8H2,1,3H3,(H2,12,13,15). The Bertz CT molecular complexity index is 266. The number of hydrogen-bond donors (Lipinski definition) is 2. The second kappa shape index (κ2) is 9.65. The average Bonchev–Trinajstić information content (AvgIpc) is 2.29. The summed E-state index contributed by atoms with van der Waals surface area (Å²) in [5.74, 6) is -0.455. The van der Waals surface area contributed by atoms with Crippen LogP contribution in [0.15, 0.2) is 12.2 Å². The Kier molecular flexibility index (Phi) is 8.77. The van der Waals surface area contributed by atoms with Crippen LogP contribution in [-0.4, -0.2) is 44.9 Å². The van der Waals surface area contributed by atoms with Crippen molar-refractivity contribution in [3.05, 3.63) is 12.2 Å². The summed E-state index contributed by atoms with van der Waals surface area (Å²) >= 11 is 0. The van der Waals surface area contributed by atoms with E-state index in [0.717, 1.165) is 0 Å². The summed E-state index contributed by atoms with van der Waals surface area (Å²) in [7, 11) is 0. The smallest absolute Gasteiger partial charge is 0.333 e. The third-order valence-electron chi connectivity index (χ3n) is 1.71. The Hall–Kier alpha value is -1.56. The fourth-order valence-electron chi connectivity index (χ4n) is 0.875. The number of amides is 2. The lowest BCUT2D eigenvalue weighted by molar-refractivity contribution is -0.138. The number of ether oxygens (including phenoxy) is 2. The van der Waals surface area contributed by atoms with Gasteiger partial charge < -0.3 is 20.1 Å². The Morgan fingerprint density at radius 2 is 1.76 bits per heavy atom. The largest absolute Gasteiger partial charge is 0.460 e. The molecule has 0 aliphatic rings. The van der Waals surface area contributed by atoms with Gasteiger partial charge in [0.1, 0.15) is 6.61 Å². The van der Waals surface area contributed by atoms with Gasteiger partial charge in [0.25, 0.3) is 0 Å². The van der Waals surface area contributed by atoms with E-state index in [0.29, 0.717) is 25.3 Å². The first kappa shape index (κ1) is 15.4. The predicted octanol–water partition coefficient (Wildman–Crippen LogP) is 0.441. The second-order valence-corrected chi connectivity index (χ2v) is 3.30. The number of urea groups is 1. The van der Waals surface area contributed by atoms with Crippen molar-refractivity contribution in [2.75, 3.05) is 32.9 Å². The van der Waals surface area contributed by atoms with Crippen LogP contribution in [0.25, 0.3) is 0 Å². The highest BCUT2D eigenvalue weighted by molar-refractivity contribution is 5.86. The first-order valence-corrected chi connectivity index (χ1v) is 5.50. The van der Waals surface area contributed by atoms with Crippen LogP contribution in [0.1, 0.15) is 13.8 Å². The van der Waals surface area contributed by atoms with Gasteiger partial charge in [0.15, 0.2) is 0 Å². The quantitative estimate of drug-likeness (QED) is 0.369. The van der Waals surface area contributed by atoms with Gasteiger partial charge >= 0.3 is 12.0 Å². The van der Waals surface area contributed by atoms with E-state index in [9.17, 15) is 9.59 Å². The van der Waals surface area contributed by atoms with Crippen molar-refractivity contribution >= 4 is 12.0 Å². The average molecular weight is 244 g/mol. The van der Waals surface area contributed by atoms with E-state index in [-0.39, 0.29) is 19.2 Å². The molecule has 0 saturated heterocycles. The highest BCUT2D eigenvalue weighted by atomic mass is 16.5. The van der Waals surface area contributed by atoms with Gasteiger partial charge in [-0.2, -0.15) is 0 Å². The van der Waals surface area contributed by atoms with Crippen molar-refractivity contribution in [2.24, 2.45) is 0 Å². The molecule has 98 valence electrons. The number of hydrogen-bond acceptors (Lipinski definition) is 4. The van der Waals surface area contributed by atoms with E-state index in [1.54, 1.807) is 6.92 Å². The van der Waals surface area contributed by atoms with Gasteiger partial charge in [-0.3, -0.25) is 0 Å². The number of carbonyl (C=O) groups excluding carboxylic acids is 2. The van der Waals surface area contributed by atoms with E-state index in [4.69, 9.17) is 9.47 Å². The molecule has 0 aromatic rings. The van der Waals surface area contributed by atoms with Crippen LogP contribution < -0.4 is 10.6 Å². The van der Waals surface area contributed by atoms with Crippen molar-refractivity contribution in [3.63, 3.8) is 0 Å². The van der Waals surface area contributed by atoms with Crippen molar-refractivity contribution in [1.29, 1.82) is 0 Å². The van der Waals surface area contributed by atoms with Gasteiger partial charge in [0.05, 0.1) is 13.2 Å². The SMILES string of the molecule is C=C(C)C(=O)OCCNC(=O)NCCOCC. The molecule has 0 aliphatic heterocycles. The molecule has 6 nitrogen and oxygen atoms in total. The Balaban J connectivity index is 3.39. The Labute approximate surface area is 101 Å². The third kappa shape index (κ3) is 9.37. The van der Waals surface area contributed by atoms with Crippen LogP contribution in [0.3, 0.4) is 0 Å². The molecular weight excluding hydrogens is 224 g/mol. The summed E-state index contributed by atoms with van der Waals surface area (Å²) in [6.07, 6.45) is 0. The van der Waals surface area contributed by atoms with E-state index < -0.39 is 5.97 Å². The van der Waals surface area contributed by atoms with E-state index in [2.05, 4.69) is 17.2 Å². The van der Waals surface area contributed by atoms with Crippen molar-refractivity contribution in [2.45, 2.75) is 13.8 Å². The summed E-state index contributed by atoms with van der Waals surface area (Å²) < 4.78 is 9.84. The zero-order chi connectivity index (χ0) is 13.1. The van der Waals surface area contributed by atoms with Crippen LogP contribution in [0.5, 0.6) is 0 Å². The molecule has 0 fully saturated rings. The molecule has 0 radical (unpaired) electrons. The lowest BCUT2D eigenvalue weighted by Crippen LogP contribution is -2.39. The zero-order valence-electron chi connectivity index (χ0n) is 10.4. The number of carbonyl (C=O) groups is 2. The van der Waals surface area contributed by atoms with Gasteiger partial charge in [-0.1, -0.05) is 6.58 Å². The number of rotatable bonds is 8. The summed E-state index contributed by atoms with van der Waals surface area (Å²) in [6.45, 7) is 8.84. The third-order valence-corrected chi connectivity index (χ3v) is 1.71. The zero-order valence-corrected chi connectivity index (χ0v) is 10.4. The van der Waals surface area contributed by atoms with Crippen LogP contribution in [-0.2, 0) is 14.3 Å². The van der Waals surface area contributed by atoms with Crippen molar-refractivity contribution < 1.29 is 19.1 Å². The number of nitrogens with one attached hydrogen (secondary N) is 2. The molecule has 0 aromatic heterocycles. The lowest BCUT2D eigenvalue weighted by atomic mass is 10.4. The molecule has 0 aliphatic carbocycles. The van der Waals surface area contributed by atoms with E-state index >= 15 is 0 Å². The molecule has 0 bridgehead atoms. The molecule has 2 amide bonds. The summed E-state index contributed by atoms with van der Waals surface area (Å²) in [5, 5.41) is 5.14. The van der Waals surface area contributed by atoms with Crippen LogP contribution in [0.4, 0.5) is 4.79 Å². The van der Waals surface area contributed by atoms with Crippen LogP contribution in [0, 0.1) is 0 Å². The van der Waals surface area contributed by atoms with E-state index in [1.807, 2.05) is 6.92 Å². The summed E-state index contributed by atoms with van der Waals surface area (Å²) in [5.41, 5.74) is 0.339. The molecule has 0 aromatic carbocycles. The molecule has 0 atom stereocenters. The van der Waals surface area contributed by atoms with Crippen LogP contribution >= 0.6 is 0 Å². The second-order valence-electron chi connectivity index (χ2n) is 3.30. The maximum Gasteiger partial charge on any atom is 0.333 e. The van der Waals surface area contributed by atoms with Crippen molar-refractivity contribution in [3.8, 4) is 0 Å². The summed E-state index contributed by atoms with van der Waals surface area (Å²) in [4.78, 5) is 22.1. The molecule has 0 spiro atoms. The minimum absolute atomic E-state index is 0.130. The maximum atomic E-state index is 11.1. The first-order valence-electron chi connectivity index (χ1n) is 5.50. The molecule has 0 unspecified atom stereocenters. The molecule has 17 heavy (non-hydrogen) atoms. The molecular formula is C11H20N2O4. The molecule has 0 saturated carbocycles. The van der Waals surface area contributed by atoms with Gasteiger partial charge in [0, 0.05) is 18.7 Å². The topological polar surface area (TPSA) is 76.7 Å². The minimum atomic E-state index is -0.455. The molecule has 6 heteroatoms. The number of esters is 1. The normalized spacial score (nSPS) is 9.53. The Morgan fingerprint density at radius 1 is 1.18 bits per heavy atom. The van der Waals surface area contributed by atoms with Gasteiger partial charge in [-0.15, -0.1) is 0 Å². The maximum absolute atomic E-state index is 11.1. The first-order chi connectivity index (χ1) is 8.07. The highest BCUT2D eigenvalue weighted by Crippen LogP contribution is 1.90. The van der Waals surface area contributed by atoms with E-state index in [1.165, 1.54) is 0 Å².